The van der Waals surface area contributed by atoms with Crippen LogP contribution in [0, 0.1) is 5.41 Å². The van der Waals surface area contributed by atoms with Crippen molar-refractivity contribution in [1.29, 1.82) is 0 Å². The van der Waals surface area contributed by atoms with Crippen LogP contribution < -0.4 is 15.8 Å². The van der Waals surface area contributed by atoms with Crippen molar-refractivity contribution in [1.82, 2.24) is 10.2 Å². The van der Waals surface area contributed by atoms with E-state index in [9.17, 15) is 4.79 Å². The van der Waals surface area contributed by atoms with Crippen LogP contribution in [-0.4, -0.2) is 44.1 Å². The fraction of sp³-hybridized carbons (Fsp3) is 0.682. The Morgan fingerprint density at radius 1 is 1.22 bits per heavy atom. The first-order chi connectivity index (χ1) is 13.2. The molecule has 1 aromatic rings. The second-order valence-electron chi connectivity index (χ2n) is 8.28. The second-order valence-corrected chi connectivity index (χ2v) is 8.28. The first-order valence-electron chi connectivity index (χ1n) is 10.5. The maximum Gasteiger partial charge on any atom is 0.220 e. The van der Waals surface area contributed by atoms with Crippen molar-refractivity contribution in [3.63, 3.8) is 0 Å². The van der Waals surface area contributed by atoms with Gasteiger partial charge >= 0.3 is 0 Å². The number of amides is 1. The van der Waals surface area contributed by atoms with Crippen molar-refractivity contribution >= 4 is 5.91 Å². The van der Waals surface area contributed by atoms with Crippen molar-refractivity contribution in [3.8, 4) is 5.75 Å². The van der Waals surface area contributed by atoms with Gasteiger partial charge in [0.2, 0.25) is 5.91 Å². The van der Waals surface area contributed by atoms with Crippen LogP contribution in [0.1, 0.15) is 63.0 Å². The van der Waals surface area contributed by atoms with Gasteiger partial charge < -0.3 is 15.8 Å². The van der Waals surface area contributed by atoms with E-state index in [1.54, 1.807) is 7.11 Å². The number of benzene rings is 1. The molecule has 1 saturated heterocycles. The Balaban J connectivity index is 1.64. The van der Waals surface area contributed by atoms with Gasteiger partial charge in [-0.1, -0.05) is 31.4 Å². The van der Waals surface area contributed by atoms with Crippen LogP contribution in [0.25, 0.3) is 0 Å². The molecule has 0 aromatic heterocycles. The topological polar surface area (TPSA) is 67.6 Å². The van der Waals surface area contributed by atoms with E-state index in [0.717, 1.165) is 31.7 Å². The number of hydrogen-bond acceptors (Lipinski definition) is 4. The van der Waals surface area contributed by atoms with E-state index in [-0.39, 0.29) is 17.4 Å². The zero-order valence-corrected chi connectivity index (χ0v) is 16.7. The Bertz CT molecular complexity index is 607. The molecule has 0 bridgehead atoms. The van der Waals surface area contributed by atoms with Crippen LogP contribution in [-0.2, 0) is 4.79 Å². The molecule has 27 heavy (non-hydrogen) atoms. The van der Waals surface area contributed by atoms with Crippen molar-refractivity contribution < 1.29 is 9.53 Å². The highest BCUT2D eigenvalue weighted by atomic mass is 16.5. The Morgan fingerprint density at radius 2 is 1.96 bits per heavy atom. The van der Waals surface area contributed by atoms with Gasteiger partial charge in [0.25, 0.3) is 0 Å². The van der Waals surface area contributed by atoms with Crippen LogP contribution in [0.15, 0.2) is 24.3 Å². The zero-order valence-electron chi connectivity index (χ0n) is 16.7. The molecule has 0 radical (unpaired) electrons. The van der Waals surface area contributed by atoms with Crippen molar-refractivity contribution in [2.75, 3.05) is 33.3 Å². The number of nitrogens with zero attached hydrogens (tertiary/aromatic N) is 1. The third kappa shape index (κ3) is 5.23. The molecule has 2 fully saturated rings. The van der Waals surface area contributed by atoms with Crippen LogP contribution >= 0.6 is 0 Å². The smallest absolute Gasteiger partial charge is 0.220 e. The lowest BCUT2D eigenvalue weighted by atomic mass is 9.71. The third-order valence-electron chi connectivity index (χ3n) is 6.44. The molecule has 2 aliphatic rings. The van der Waals surface area contributed by atoms with Gasteiger partial charge in [0, 0.05) is 13.0 Å². The molecule has 1 unspecified atom stereocenters. The third-order valence-corrected chi connectivity index (χ3v) is 6.44. The minimum Gasteiger partial charge on any atom is -0.497 e. The van der Waals surface area contributed by atoms with Crippen LogP contribution in [0.4, 0.5) is 0 Å². The molecule has 1 aliphatic carbocycles. The number of carbonyl (C=O) groups excluding carboxylic acids is 1. The standard InChI is InChI=1S/C22H35N3O2/c1-27-19-9-7-8-18(14-19)20(25-12-5-6-13-25)16-24-21(26)15-22(17-23)10-3-2-4-11-22/h7-9,14,20H,2-6,10-13,15-17,23H2,1H3,(H,24,26). The van der Waals surface area contributed by atoms with E-state index in [0.29, 0.717) is 19.5 Å². The summed E-state index contributed by atoms with van der Waals surface area (Å²) >= 11 is 0. The van der Waals surface area contributed by atoms with Gasteiger partial charge in [-0.05, 0) is 68.4 Å². The number of methoxy groups -OCH3 is 1. The Morgan fingerprint density at radius 3 is 2.63 bits per heavy atom. The number of hydrogen-bond donors (Lipinski definition) is 2. The van der Waals surface area contributed by atoms with E-state index < -0.39 is 0 Å². The summed E-state index contributed by atoms with van der Waals surface area (Å²) in [7, 11) is 1.70. The molecule has 1 aliphatic heterocycles. The monoisotopic (exact) mass is 373 g/mol. The molecule has 150 valence electrons. The first kappa shape index (κ1) is 20.2. The van der Waals surface area contributed by atoms with Crippen LogP contribution in [0.5, 0.6) is 5.75 Å². The summed E-state index contributed by atoms with van der Waals surface area (Å²) in [5.74, 6) is 1.02. The summed E-state index contributed by atoms with van der Waals surface area (Å²) in [6.45, 7) is 3.44. The number of likely N-dealkylation sites (tertiary alicyclic amines) is 1. The largest absolute Gasteiger partial charge is 0.497 e. The van der Waals surface area contributed by atoms with Gasteiger partial charge in [-0.15, -0.1) is 0 Å². The molecule has 5 nitrogen and oxygen atoms in total. The molecule has 0 spiro atoms. The molecule has 5 heteroatoms. The highest BCUT2D eigenvalue weighted by Crippen LogP contribution is 2.38. The zero-order chi connectivity index (χ0) is 19.1. The van der Waals surface area contributed by atoms with E-state index in [1.807, 2.05) is 12.1 Å². The van der Waals surface area contributed by atoms with Crippen molar-refractivity contribution in [3.05, 3.63) is 29.8 Å². The molecule has 1 aromatic carbocycles. The molecule has 1 saturated carbocycles. The van der Waals surface area contributed by atoms with Crippen molar-refractivity contribution in [2.45, 2.75) is 57.4 Å². The molecule has 1 atom stereocenters. The van der Waals surface area contributed by atoms with E-state index in [4.69, 9.17) is 10.5 Å². The fourth-order valence-corrected chi connectivity index (χ4v) is 4.73. The maximum absolute atomic E-state index is 12.7. The molecular weight excluding hydrogens is 338 g/mol. The normalized spacial score (nSPS) is 21.0. The minimum atomic E-state index is 0.0153. The highest BCUT2D eigenvalue weighted by Gasteiger charge is 2.33. The SMILES string of the molecule is COc1cccc(C(CNC(=O)CC2(CN)CCCCC2)N2CCCC2)c1. The molecule has 3 rings (SSSR count). The van der Waals surface area contributed by atoms with E-state index in [2.05, 4.69) is 22.3 Å². The van der Waals surface area contributed by atoms with Gasteiger partial charge in [-0.3, -0.25) is 9.69 Å². The summed E-state index contributed by atoms with van der Waals surface area (Å²) < 4.78 is 5.40. The summed E-state index contributed by atoms with van der Waals surface area (Å²) in [4.78, 5) is 15.2. The average Bonchev–Trinajstić information content (AvgIpc) is 3.23. The van der Waals surface area contributed by atoms with Gasteiger partial charge in [0.05, 0.1) is 13.2 Å². The quantitative estimate of drug-likeness (QED) is 0.734. The lowest BCUT2D eigenvalue weighted by molar-refractivity contribution is -0.124. The summed E-state index contributed by atoms with van der Waals surface area (Å²) in [5.41, 5.74) is 7.29. The Kier molecular flexibility index (Phi) is 7.13. The van der Waals surface area contributed by atoms with Gasteiger partial charge in [0.1, 0.15) is 5.75 Å². The number of nitrogens with one attached hydrogen (secondary N) is 1. The molecule has 1 heterocycles. The summed E-state index contributed by atoms with van der Waals surface area (Å²) in [5, 5.41) is 3.23. The number of ether oxygens (including phenoxy) is 1. The second kappa shape index (κ2) is 9.56. The van der Waals surface area contributed by atoms with Gasteiger partial charge in [-0.2, -0.15) is 0 Å². The predicted octanol–water partition coefficient (Wildman–Crippen LogP) is 3.25. The van der Waals surface area contributed by atoms with Crippen LogP contribution in [0.2, 0.25) is 0 Å². The summed E-state index contributed by atoms with van der Waals surface area (Å²) in [6.07, 6.45) is 8.86. The number of nitrogens with two attached hydrogens (primary N) is 1. The van der Waals surface area contributed by atoms with Crippen LogP contribution in [0.3, 0.4) is 0 Å². The number of carbonyl (C=O) groups is 1. The van der Waals surface area contributed by atoms with Gasteiger partial charge in [0.15, 0.2) is 0 Å². The van der Waals surface area contributed by atoms with Crippen molar-refractivity contribution in [2.24, 2.45) is 11.1 Å². The Hall–Kier alpha value is -1.59. The van der Waals surface area contributed by atoms with E-state index in [1.165, 1.54) is 37.7 Å². The maximum atomic E-state index is 12.7. The lowest BCUT2D eigenvalue weighted by Crippen LogP contribution is -2.41. The Labute approximate surface area is 163 Å². The number of rotatable bonds is 8. The first-order valence-corrected chi connectivity index (χ1v) is 10.5. The lowest BCUT2D eigenvalue weighted by Gasteiger charge is -2.36. The minimum absolute atomic E-state index is 0.0153. The summed E-state index contributed by atoms with van der Waals surface area (Å²) in [6, 6.07) is 8.44. The average molecular weight is 374 g/mol. The molecular formula is C22H35N3O2. The van der Waals surface area contributed by atoms with E-state index >= 15 is 0 Å². The van der Waals surface area contributed by atoms with Gasteiger partial charge in [-0.25, -0.2) is 0 Å². The fourth-order valence-electron chi connectivity index (χ4n) is 4.73. The molecule has 3 N–H and O–H groups in total. The molecule has 1 amide bonds. The highest BCUT2D eigenvalue weighted by molar-refractivity contribution is 5.76. The predicted molar refractivity (Wildman–Crippen MR) is 109 cm³/mol.